The summed E-state index contributed by atoms with van der Waals surface area (Å²) in [7, 11) is 1.18. The van der Waals surface area contributed by atoms with Gasteiger partial charge < -0.3 is 14.0 Å². The Bertz CT molecular complexity index is 949. The molecule has 0 atom stereocenters. The summed E-state index contributed by atoms with van der Waals surface area (Å²) in [6.45, 7) is 8.23. The lowest BCUT2D eigenvalue weighted by atomic mass is 9.78. The third-order valence-corrected chi connectivity index (χ3v) is 5.63. The van der Waals surface area contributed by atoms with Gasteiger partial charge >= 0.3 is 7.12 Å². The van der Waals surface area contributed by atoms with Crippen molar-refractivity contribution in [2.45, 2.75) is 38.9 Å². The quantitative estimate of drug-likeness (QED) is 0.649. The average molecular weight is 376 g/mol. The number of ether oxygens (including phenoxy) is 1. The van der Waals surface area contributed by atoms with Crippen LogP contribution >= 0.6 is 0 Å². The second-order valence-electron chi connectivity index (χ2n) is 8.03. The van der Waals surface area contributed by atoms with E-state index in [0.29, 0.717) is 0 Å². The van der Waals surface area contributed by atoms with Crippen LogP contribution in [0.2, 0.25) is 0 Å². The van der Waals surface area contributed by atoms with E-state index < -0.39 is 18.3 Å². The van der Waals surface area contributed by atoms with E-state index in [2.05, 4.69) is 39.8 Å². The Morgan fingerprint density at radius 1 is 0.893 bits per heavy atom. The van der Waals surface area contributed by atoms with Gasteiger partial charge in [0.2, 0.25) is 0 Å². The molecule has 1 aliphatic heterocycles. The minimum atomic E-state index is -0.479. The highest BCUT2D eigenvalue weighted by Crippen LogP contribution is 2.37. The first kappa shape index (κ1) is 18.8. The van der Waals surface area contributed by atoms with Crippen molar-refractivity contribution in [3.63, 3.8) is 0 Å². The van der Waals surface area contributed by atoms with E-state index in [1.54, 1.807) is 7.11 Å². The molecule has 1 aromatic heterocycles. The zero-order valence-corrected chi connectivity index (χ0v) is 17.0. The monoisotopic (exact) mass is 376 g/mol. The van der Waals surface area contributed by atoms with Crippen LogP contribution in [0.25, 0.3) is 16.9 Å². The lowest BCUT2D eigenvalue weighted by molar-refractivity contribution is 0.00578. The van der Waals surface area contributed by atoms with Gasteiger partial charge in [0.1, 0.15) is 5.75 Å². The van der Waals surface area contributed by atoms with Crippen LogP contribution in [0.1, 0.15) is 27.7 Å². The Kier molecular flexibility index (Phi) is 4.56. The average Bonchev–Trinajstić information content (AvgIpc) is 3.21. The van der Waals surface area contributed by atoms with Crippen molar-refractivity contribution < 1.29 is 14.0 Å². The van der Waals surface area contributed by atoms with Crippen LogP contribution in [-0.4, -0.2) is 35.2 Å². The summed E-state index contributed by atoms with van der Waals surface area (Å²) >= 11 is 0. The molecule has 1 saturated heterocycles. The molecule has 0 spiro atoms. The van der Waals surface area contributed by atoms with Crippen LogP contribution in [-0.2, 0) is 9.31 Å². The molecule has 0 unspecified atom stereocenters. The topological polar surface area (TPSA) is 45.5 Å². The molecule has 3 aromatic rings. The molecule has 0 aliphatic carbocycles. The minimum Gasteiger partial charge on any atom is -0.497 e. The molecule has 4 rings (SSSR count). The molecule has 0 N–H and O–H groups in total. The van der Waals surface area contributed by atoms with Crippen LogP contribution in [0.5, 0.6) is 5.75 Å². The van der Waals surface area contributed by atoms with Crippen molar-refractivity contribution in [2.24, 2.45) is 0 Å². The standard InChI is InChI=1S/C22H25BN2O3/c1-21(2)22(3,4)28-23(27-21)19-15-25(17-11-13-18(26-5)14-12-17)24-20(19)16-9-7-6-8-10-16/h6-15H,1-5H3. The largest absolute Gasteiger partial charge is 0.498 e. The van der Waals surface area contributed by atoms with Crippen LogP contribution in [0.3, 0.4) is 0 Å². The molecule has 2 heterocycles. The highest BCUT2D eigenvalue weighted by atomic mass is 16.7. The normalized spacial score (nSPS) is 17.7. The number of benzene rings is 2. The van der Waals surface area contributed by atoms with Crippen LogP contribution < -0.4 is 10.2 Å². The molecule has 144 valence electrons. The maximum absolute atomic E-state index is 6.30. The van der Waals surface area contributed by atoms with Crippen molar-refractivity contribution in [1.82, 2.24) is 9.78 Å². The van der Waals surface area contributed by atoms with Gasteiger partial charge in [-0.2, -0.15) is 5.10 Å². The first-order chi connectivity index (χ1) is 13.3. The fourth-order valence-corrected chi connectivity index (χ4v) is 3.22. The summed E-state index contributed by atoms with van der Waals surface area (Å²) in [4.78, 5) is 0. The predicted molar refractivity (Wildman–Crippen MR) is 111 cm³/mol. The Balaban J connectivity index is 1.79. The second-order valence-corrected chi connectivity index (χ2v) is 8.03. The molecule has 0 amide bonds. The van der Waals surface area contributed by atoms with E-state index in [9.17, 15) is 0 Å². The SMILES string of the molecule is COc1ccc(-n2cc(B3OC(C)(C)C(C)(C)O3)c(-c3ccccc3)n2)cc1. The lowest BCUT2D eigenvalue weighted by Crippen LogP contribution is -2.41. The fourth-order valence-electron chi connectivity index (χ4n) is 3.22. The van der Waals surface area contributed by atoms with Gasteiger partial charge in [-0.3, -0.25) is 0 Å². The van der Waals surface area contributed by atoms with Gasteiger partial charge in [-0.1, -0.05) is 30.3 Å². The van der Waals surface area contributed by atoms with E-state index in [-0.39, 0.29) is 0 Å². The van der Waals surface area contributed by atoms with E-state index >= 15 is 0 Å². The molecule has 0 radical (unpaired) electrons. The van der Waals surface area contributed by atoms with Gasteiger partial charge in [-0.25, -0.2) is 4.68 Å². The van der Waals surface area contributed by atoms with E-state index in [1.165, 1.54) is 0 Å². The van der Waals surface area contributed by atoms with Crippen LogP contribution in [0.4, 0.5) is 0 Å². The highest BCUT2D eigenvalue weighted by molar-refractivity contribution is 6.63. The lowest BCUT2D eigenvalue weighted by Gasteiger charge is -2.32. The summed E-state index contributed by atoms with van der Waals surface area (Å²) in [6.07, 6.45) is 1.99. The number of nitrogens with zero attached hydrogens (tertiary/aromatic N) is 2. The molecule has 2 aromatic carbocycles. The molecule has 0 bridgehead atoms. The number of aromatic nitrogens is 2. The van der Waals surface area contributed by atoms with Gasteiger partial charge in [0.25, 0.3) is 0 Å². The maximum Gasteiger partial charge on any atom is 0.498 e. The molecule has 1 aliphatic rings. The van der Waals surface area contributed by atoms with Gasteiger partial charge in [-0.15, -0.1) is 0 Å². The third-order valence-electron chi connectivity index (χ3n) is 5.63. The fraction of sp³-hybridized carbons (Fsp3) is 0.318. The van der Waals surface area contributed by atoms with Crippen molar-refractivity contribution in [3.8, 4) is 22.7 Å². The zero-order valence-electron chi connectivity index (χ0n) is 17.0. The zero-order chi connectivity index (χ0) is 19.9. The number of methoxy groups -OCH3 is 1. The molecule has 5 nitrogen and oxygen atoms in total. The molecular weight excluding hydrogens is 351 g/mol. The first-order valence-corrected chi connectivity index (χ1v) is 9.46. The van der Waals surface area contributed by atoms with Gasteiger partial charge in [0.15, 0.2) is 0 Å². The van der Waals surface area contributed by atoms with Gasteiger partial charge in [0.05, 0.1) is 29.7 Å². The van der Waals surface area contributed by atoms with Crippen molar-refractivity contribution in [1.29, 1.82) is 0 Å². The molecule has 28 heavy (non-hydrogen) atoms. The summed E-state index contributed by atoms with van der Waals surface area (Å²) in [5, 5.41) is 4.86. The summed E-state index contributed by atoms with van der Waals surface area (Å²) in [6, 6.07) is 17.9. The molecule has 0 saturated carbocycles. The smallest absolute Gasteiger partial charge is 0.497 e. The van der Waals surface area contributed by atoms with Crippen molar-refractivity contribution >= 4 is 12.6 Å². The van der Waals surface area contributed by atoms with Gasteiger partial charge in [0, 0.05) is 17.2 Å². The Morgan fingerprint density at radius 2 is 1.50 bits per heavy atom. The Labute approximate surface area is 166 Å². The van der Waals surface area contributed by atoms with Crippen molar-refractivity contribution in [3.05, 3.63) is 60.8 Å². The van der Waals surface area contributed by atoms with Crippen LogP contribution in [0, 0.1) is 0 Å². The minimum absolute atomic E-state index is 0.409. The Hall–Kier alpha value is -2.57. The van der Waals surface area contributed by atoms with Crippen molar-refractivity contribution in [2.75, 3.05) is 7.11 Å². The first-order valence-electron chi connectivity index (χ1n) is 9.46. The number of hydrogen-bond donors (Lipinski definition) is 0. The van der Waals surface area contributed by atoms with E-state index in [4.69, 9.17) is 19.1 Å². The van der Waals surface area contributed by atoms with Crippen LogP contribution in [0.15, 0.2) is 60.8 Å². The van der Waals surface area contributed by atoms with E-state index in [1.807, 2.05) is 53.3 Å². The summed E-state index contributed by atoms with van der Waals surface area (Å²) in [5.74, 6) is 0.811. The molecule has 6 heteroatoms. The number of hydrogen-bond acceptors (Lipinski definition) is 4. The molecule has 1 fully saturated rings. The highest BCUT2D eigenvalue weighted by Gasteiger charge is 2.52. The van der Waals surface area contributed by atoms with Gasteiger partial charge in [-0.05, 0) is 52.0 Å². The Morgan fingerprint density at radius 3 is 2.07 bits per heavy atom. The number of rotatable bonds is 4. The second kappa shape index (κ2) is 6.80. The maximum atomic E-state index is 6.30. The third kappa shape index (κ3) is 3.23. The summed E-state index contributed by atoms with van der Waals surface area (Å²) < 4.78 is 19.7. The van der Waals surface area contributed by atoms with E-state index in [0.717, 1.165) is 28.2 Å². The predicted octanol–water partition coefficient (Wildman–Crippen LogP) is 3.85. The summed E-state index contributed by atoms with van der Waals surface area (Å²) in [5.41, 5.74) is 2.93. The molecular formula is C22H25BN2O3.